The molecule has 144 valence electrons. The van der Waals surface area contributed by atoms with Crippen LogP contribution in [0.2, 0.25) is 0 Å². The summed E-state index contributed by atoms with van der Waals surface area (Å²) in [6.45, 7) is 7.87. The van der Waals surface area contributed by atoms with Crippen LogP contribution in [0.25, 0.3) is 0 Å². The summed E-state index contributed by atoms with van der Waals surface area (Å²) in [7, 11) is -4.67. The molecule has 2 atom stereocenters. The molecule has 0 saturated carbocycles. The van der Waals surface area contributed by atoms with Crippen molar-refractivity contribution in [1.29, 1.82) is 0 Å². The third kappa shape index (κ3) is 6.25. The van der Waals surface area contributed by atoms with Crippen LogP contribution >= 0.6 is 0 Å². The van der Waals surface area contributed by atoms with E-state index in [-0.39, 0.29) is 0 Å². The third-order valence-corrected chi connectivity index (χ3v) is 4.70. The zero-order valence-corrected chi connectivity index (χ0v) is 15.8. The predicted molar refractivity (Wildman–Crippen MR) is 95.2 cm³/mol. The Morgan fingerprint density at radius 3 is 2.64 bits per heavy atom. The lowest BCUT2D eigenvalue weighted by atomic mass is 9.79. The van der Waals surface area contributed by atoms with Crippen molar-refractivity contribution in [2.24, 2.45) is 5.92 Å². The minimum absolute atomic E-state index is 0.683. The maximum atomic E-state index is 8.74. The normalized spacial score (nSPS) is 23.2. The first-order valence-corrected chi connectivity index (χ1v) is 10.4. The number of likely N-dealkylation sites (tertiary alicyclic amines) is 1. The zero-order chi connectivity index (χ0) is 18.4. The van der Waals surface area contributed by atoms with Gasteiger partial charge in [0.05, 0.1) is 5.69 Å². The van der Waals surface area contributed by atoms with Crippen LogP contribution in [0.1, 0.15) is 51.0 Å². The van der Waals surface area contributed by atoms with Gasteiger partial charge in [0.1, 0.15) is 5.76 Å². The van der Waals surface area contributed by atoms with Crippen molar-refractivity contribution in [3.63, 3.8) is 0 Å². The zero-order valence-electron chi connectivity index (χ0n) is 14.9. The summed E-state index contributed by atoms with van der Waals surface area (Å²) in [5.41, 5.74) is 1.21. The number of fused-ring (bicyclic) bond motifs is 2. The molecule has 0 unspecified atom stereocenters. The van der Waals surface area contributed by atoms with Crippen LogP contribution < -0.4 is 5.32 Å². The smallest absolute Gasteiger partial charge is 0.394 e. The monoisotopic (exact) mass is 375 g/mol. The Morgan fingerprint density at radius 1 is 1.28 bits per heavy atom. The van der Waals surface area contributed by atoms with Gasteiger partial charge in [-0.05, 0) is 51.1 Å². The fourth-order valence-corrected chi connectivity index (χ4v) is 3.76. The molecule has 3 N–H and O–H groups in total. The van der Waals surface area contributed by atoms with Gasteiger partial charge in [0.2, 0.25) is 0 Å². The van der Waals surface area contributed by atoms with Gasteiger partial charge in [-0.3, -0.25) is 14.0 Å². The molecular formula is C16H29N3O5S. The van der Waals surface area contributed by atoms with Gasteiger partial charge in [0, 0.05) is 19.0 Å². The predicted octanol–water partition coefficient (Wildman–Crippen LogP) is 2.43. The largest absolute Gasteiger partial charge is 0.428 e. The third-order valence-electron chi connectivity index (χ3n) is 4.70. The number of nitrogens with one attached hydrogen (secondary N) is 1. The Balaban J connectivity index is 0.000000399. The lowest BCUT2D eigenvalue weighted by Gasteiger charge is -2.43. The van der Waals surface area contributed by atoms with Crippen molar-refractivity contribution < 1.29 is 21.9 Å². The molecule has 0 spiro atoms. The van der Waals surface area contributed by atoms with Crippen molar-refractivity contribution in [2.45, 2.75) is 58.4 Å². The lowest BCUT2D eigenvalue weighted by molar-refractivity contribution is 0.0799. The van der Waals surface area contributed by atoms with Gasteiger partial charge in [-0.25, -0.2) is 0 Å². The molecule has 0 radical (unpaired) electrons. The van der Waals surface area contributed by atoms with Crippen LogP contribution in [0.3, 0.4) is 0 Å². The first-order valence-electron chi connectivity index (χ1n) is 8.98. The van der Waals surface area contributed by atoms with Gasteiger partial charge >= 0.3 is 10.4 Å². The van der Waals surface area contributed by atoms with Crippen LogP contribution in [0, 0.1) is 5.92 Å². The Kier molecular flexibility index (Phi) is 7.24. The molecule has 1 aromatic heterocycles. The fraction of sp³-hybridized carbons (Fsp3) is 0.812. The number of hydrogen-bond acceptors (Lipinski definition) is 6. The van der Waals surface area contributed by atoms with Crippen LogP contribution in [0.4, 0.5) is 6.01 Å². The highest BCUT2D eigenvalue weighted by molar-refractivity contribution is 7.79. The number of anilines is 1. The molecule has 3 rings (SSSR count). The summed E-state index contributed by atoms with van der Waals surface area (Å²) in [5, 5.41) is 3.28. The second kappa shape index (κ2) is 8.98. The van der Waals surface area contributed by atoms with Gasteiger partial charge in [0.25, 0.3) is 6.01 Å². The van der Waals surface area contributed by atoms with Crippen LogP contribution in [-0.4, -0.2) is 53.1 Å². The number of aromatic nitrogens is 1. The highest BCUT2D eigenvalue weighted by Crippen LogP contribution is 2.35. The number of oxazole rings is 1. The Morgan fingerprint density at radius 2 is 2.00 bits per heavy atom. The summed E-state index contributed by atoms with van der Waals surface area (Å²) < 4.78 is 37.5. The molecule has 0 bridgehead atoms. The molecule has 9 heteroatoms. The van der Waals surface area contributed by atoms with Crippen molar-refractivity contribution in [3.8, 4) is 0 Å². The van der Waals surface area contributed by atoms with Gasteiger partial charge in [0.15, 0.2) is 0 Å². The minimum atomic E-state index is -4.67. The highest BCUT2D eigenvalue weighted by Gasteiger charge is 2.37. The molecule has 2 aliphatic rings. The van der Waals surface area contributed by atoms with Gasteiger partial charge < -0.3 is 9.73 Å². The average molecular weight is 375 g/mol. The molecule has 2 heterocycles. The maximum absolute atomic E-state index is 8.74. The minimum Gasteiger partial charge on any atom is -0.428 e. The molecule has 8 nitrogen and oxygen atoms in total. The SMILES string of the molecule is CCCNc1nc2c(o1)C[C@@H]1[C@H](CCCN1CCC)C2.O=S(=O)(O)O. The van der Waals surface area contributed by atoms with Crippen LogP contribution in [0.15, 0.2) is 4.42 Å². The molecule has 1 aliphatic heterocycles. The van der Waals surface area contributed by atoms with E-state index >= 15 is 0 Å². The summed E-state index contributed by atoms with van der Waals surface area (Å²) in [6, 6.07) is 1.42. The Labute approximate surface area is 149 Å². The molecule has 0 amide bonds. The van der Waals surface area contributed by atoms with Gasteiger partial charge in [-0.2, -0.15) is 13.4 Å². The average Bonchev–Trinajstić information content (AvgIpc) is 2.91. The van der Waals surface area contributed by atoms with E-state index in [2.05, 4.69) is 29.0 Å². The number of rotatable bonds is 5. The summed E-state index contributed by atoms with van der Waals surface area (Å²) in [4.78, 5) is 7.33. The van der Waals surface area contributed by atoms with Crippen LogP contribution in [-0.2, 0) is 23.2 Å². The summed E-state index contributed by atoms with van der Waals surface area (Å²) in [6.07, 6.45) is 7.21. The molecule has 25 heavy (non-hydrogen) atoms. The van der Waals surface area contributed by atoms with Gasteiger partial charge in [-0.1, -0.05) is 13.8 Å². The molecular weight excluding hydrogens is 346 g/mol. The second-order valence-electron chi connectivity index (χ2n) is 6.68. The summed E-state index contributed by atoms with van der Waals surface area (Å²) >= 11 is 0. The van der Waals surface area contributed by atoms with Crippen molar-refractivity contribution in [2.75, 3.05) is 25.0 Å². The highest BCUT2D eigenvalue weighted by atomic mass is 32.3. The molecule has 1 aromatic rings. The van der Waals surface area contributed by atoms with E-state index in [1.165, 1.54) is 38.0 Å². The van der Waals surface area contributed by atoms with Crippen molar-refractivity contribution in [1.82, 2.24) is 9.88 Å². The van der Waals surface area contributed by atoms with E-state index in [0.717, 1.165) is 43.5 Å². The molecule has 1 aliphatic carbocycles. The molecule has 1 fully saturated rings. The quantitative estimate of drug-likeness (QED) is 0.672. The van der Waals surface area contributed by atoms with Gasteiger partial charge in [-0.15, -0.1) is 0 Å². The number of hydrogen-bond donors (Lipinski definition) is 3. The summed E-state index contributed by atoms with van der Waals surface area (Å²) in [5.74, 6) is 1.92. The first-order chi connectivity index (χ1) is 11.8. The van der Waals surface area contributed by atoms with Crippen molar-refractivity contribution >= 4 is 16.4 Å². The van der Waals surface area contributed by atoms with E-state index in [0.29, 0.717) is 6.04 Å². The van der Waals surface area contributed by atoms with Crippen molar-refractivity contribution in [3.05, 3.63) is 11.5 Å². The topological polar surface area (TPSA) is 116 Å². The molecule has 1 saturated heterocycles. The second-order valence-corrected chi connectivity index (χ2v) is 7.57. The standard InChI is InChI=1S/C16H27N3O.H2O4S/c1-3-7-17-16-18-13-10-12-6-5-9-19(8-4-2)14(12)11-15(13)20-16;1-5(2,3)4/h12,14H,3-11H2,1-2H3,(H,17,18);(H2,1,2,3,4)/t12-,14-;/m1./s1. The molecule has 0 aromatic carbocycles. The van der Waals surface area contributed by atoms with Crippen LogP contribution in [0.5, 0.6) is 0 Å². The first kappa shape index (κ1) is 20.2. The lowest BCUT2D eigenvalue weighted by Crippen LogP contribution is -2.49. The number of nitrogens with zero attached hydrogens (tertiary/aromatic N) is 2. The fourth-order valence-electron chi connectivity index (χ4n) is 3.76. The van der Waals surface area contributed by atoms with E-state index < -0.39 is 10.4 Å². The maximum Gasteiger partial charge on any atom is 0.394 e. The number of piperidine rings is 1. The van der Waals surface area contributed by atoms with E-state index in [1.807, 2.05) is 0 Å². The van der Waals surface area contributed by atoms with E-state index in [9.17, 15) is 0 Å². The Hall–Kier alpha value is -1.16. The van der Waals surface area contributed by atoms with E-state index in [4.69, 9.17) is 21.9 Å². The Bertz CT molecular complexity index is 636. The van der Waals surface area contributed by atoms with E-state index in [1.54, 1.807) is 0 Å².